The van der Waals surface area contributed by atoms with E-state index in [1.807, 2.05) is 18.2 Å². The van der Waals surface area contributed by atoms with E-state index in [-0.39, 0.29) is 23.4 Å². The van der Waals surface area contributed by atoms with Gasteiger partial charge >= 0.3 is 6.16 Å². The lowest BCUT2D eigenvalue weighted by Gasteiger charge is -2.47. The lowest BCUT2D eigenvalue weighted by molar-refractivity contribution is -0.196. The topological polar surface area (TPSA) is 71.1 Å². The molecule has 2 saturated heterocycles. The van der Waals surface area contributed by atoms with Gasteiger partial charge in [0.25, 0.3) is 0 Å². The standard InChI is InChI=1S/C22H31N3O4/c1-4-28-21(27)29-25-15(2)13-17(14-16(25)3)24-11-9-22(10-12-24)18-7-5-6-8-19(18)23-20(22)26/h5-8,15-17H,4,9-14H2,1-3H3,(H,23,26). The van der Waals surface area contributed by atoms with Gasteiger partial charge in [-0.15, -0.1) is 5.06 Å². The maximum atomic E-state index is 12.8. The number of likely N-dealkylation sites (tertiary alicyclic amines) is 1. The van der Waals surface area contributed by atoms with Gasteiger partial charge in [0, 0.05) is 23.8 Å². The summed E-state index contributed by atoms with van der Waals surface area (Å²) in [5.74, 6) is 0.151. The molecule has 2 fully saturated rings. The van der Waals surface area contributed by atoms with Gasteiger partial charge in [0.2, 0.25) is 5.91 Å². The van der Waals surface area contributed by atoms with Crippen molar-refractivity contribution >= 4 is 17.7 Å². The molecule has 1 amide bonds. The van der Waals surface area contributed by atoms with E-state index in [0.29, 0.717) is 12.6 Å². The predicted octanol–water partition coefficient (Wildman–Crippen LogP) is 3.30. The third kappa shape index (κ3) is 3.62. The van der Waals surface area contributed by atoms with Crippen molar-refractivity contribution in [2.24, 2.45) is 0 Å². The van der Waals surface area contributed by atoms with E-state index in [1.165, 1.54) is 0 Å². The van der Waals surface area contributed by atoms with E-state index in [1.54, 1.807) is 12.0 Å². The molecule has 3 aliphatic rings. The van der Waals surface area contributed by atoms with Crippen LogP contribution in [0, 0.1) is 0 Å². The summed E-state index contributed by atoms with van der Waals surface area (Å²) in [5.41, 5.74) is 1.75. The van der Waals surface area contributed by atoms with Crippen molar-refractivity contribution in [1.82, 2.24) is 9.96 Å². The molecule has 0 aliphatic carbocycles. The fourth-order valence-corrected chi connectivity index (χ4v) is 5.38. The maximum Gasteiger partial charge on any atom is 0.527 e. The summed E-state index contributed by atoms with van der Waals surface area (Å²) in [5, 5.41) is 4.85. The van der Waals surface area contributed by atoms with E-state index in [0.717, 1.165) is 50.0 Å². The third-order valence-corrected chi connectivity index (χ3v) is 6.83. The highest BCUT2D eigenvalue weighted by Gasteiger charge is 2.49. The SMILES string of the molecule is CCOC(=O)ON1C(C)CC(N2CCC3(CC2)C(=O)Nc2ccccc23)CC1C. The molecule has 7 heteroatoms. The smallest absolute Gasteiger partial charge is 0.433 e. The van der Waals surface area contributed by atoms with Gasteiger partial charge in [-0.25, -0.2) is 4.79 Å². The molecule has 1 aromatic rings. The Kier molecular flexibility index (Phi) is 5.53. The summed E-state index contributed by atoms with van der Waals surface area (Å²) in [6, 6.07) is 8.77. The van der Waals surface area contributed by atoms with Crippen molar-refractivity contribution in [3.8, 4) is 0 Å². The number of para-hydroxylation sites is 1. The molecule has 0 aromatic heterocycles. The molecule has 0 radical (unpaired) electrons. The number of carbonyl (C=O) groups is 2. The number of hydrogen-bond acceptors (Lipinski definition) is 6. The van der Waals surface area contributed by atoms with Gasteiger partial charge in [0.05, 0.1) is 12.0 Å². The fourth-order valence-electron chi connectivity index (χ4n) is 5.38. The van der Waals surface area contributed by atoms with Gasteiger partial charge in [-0.05, 0) is 71.2 Å². The van der Waals surface area contributed by atoms with E-state index in [9.17, 15) is 9.59 Å². The Labute approximate surface area is 172 Å². The van der Waals surface area contributed by atoms with Gasteiger partial charge in [-0.1, -0.05) is 18.2 Å². The average molecular weight is 402 g/mol. The van der Waals surface area contributed by atoms with E-state index in [2.05, 4.69) is 30.1 Å². The maximum absolute atomic E-state index is 12.8. The molecule has 158 valence electrons. The molecule has 29 heavy (non-hydrogen) atoms. The van der Waals surface area contributed by atoms with Crippen molar-refractivity contribution in [2.45, 2.75) is 70.0 Å². The minimum atomic E-state index is -0.629. The first-order chi connectivity index (χ1) is 13.9. The molecule has 3 heterocycles. The molecule has 7 nitrogen and oxygen atoms in total. The minimum Gasteiger partial charge on any atom is -0.433 e. The lowest BCUT2D eigenvalue weighted by Crippen LogP contribution is -2.56. The second-order valence-electron chi connectivity index (χ2n) is 8.58. The van der Waals surface area contributed by atoms with Crippen LogP contribution in [0.1, 0.15) is 52.0 Å². The number of hydroxylamine groups is 2. The number of ether oxygens (including phenoxy) is 1. The van der Waals surface area contributed by atoms with Crippen LogP contribution in [-0.4, -0.2) is 59.8 Å². The molecular formula is C22H31N3O4. The third-order valence-electron chi connectivity index (χ3n) is 6.83. The molecule has 3 aliphatic heterocycles. The number of anilines is 1. The fraction of sp³-hybridized carbons (Fsp3) is 0.636. The predicted molar refractivity (Wildman–Crippen MR) is 109 cm³/mol. The Balaban J connectivity index is 1.39. The quantitative estimate of drug-likeness (QED) is 0.784. The molecule has 1 aromatic carbocycles. The minimum absolute atomic E-state index is 0.125. The Bertz CT molecular complexity index is 763. The summed E-state index contributed by atoms with van der Waals surface area (Å²) in [6.07, 6.45) is 2.92. The number of hydrogen-bond donors (Lipinski definition) is 1. The molecule has 2 unspecified atom stereocenters. The van der Waals surface area contributed by atoms with Crippen LogP contribution in [0.3, 0.4) is 0 Å². The molecule has 2 atom stereocenters. The van der Waals surface area contributed by atoms with Crippen molar-refractivity contribution in [3.05, 3.63) is 29.8 Å². The second kappa shape index (κ2) is 7.95. The number of rotatable bonds is 3. The molecule has 1 N–H and O–H groups in total. The first kappa shape index (κ1) is 20.2. The zero-order valence-electron chi connectivity index (χ0n) is 17.5. The molecule has 0 saturated carbocycles. The second-order valence-corrected chi connectivity index (χ2v) is 8.58. The van der Waals surface area contributed by atoms with Crippen LogP contribution in [0.25, 0.3) is 0 Å². The van der Waals surface area contributed by atoms with Crippen molar-refractivity contribution in [3.63, 3.8) is 0 Å². The van der Waals surface area contributed by atoms with E-state index < -0.39 is 6.16 Å². The van der Waals surface area contributed by atoms with Crippen LogP contribution in [0.2, 0.25) is 0 Å². The highest BCUT2D eigenvalue weighted by Crippen LogP contribution is 2.45. The normalized spacial score (nSPS) is 29.3. The Morgan fingerprint density at radius 1 is 1.17 bits per heavy atom. The Hall–Kier alpha value is -2.12. The number of piperidine rings is 2. The Morgan fingerprint density at radius 2 is 1.83 bits per heavy atom. The first-order valence-corrected chi connectivity index (χ1v) is 10.7. The molecule has 4 rings (SSSR count). The summed E-state index contributed by atoms with van der Waals surface area (Å²) < 4.78 is 4.93. The average Bonchev–Trinajstić information content (AvgIpc) is 2.97. The van der Waals surface area contributed by atoms with Gasteiger partial charge < -0.3 is 19.8 Å². The van der Waals surface area contributed by atoms with Crippen LogP contribution in [0.4, 0.5) is 10.5 Å². The number of amides is 1. The van der Waals surface area contributed by atoms with Crippen molar-refractivity contribution < 1.29 is 19.2 Å². The van der Waals surface area contributed by atoms with E-state index >= 15 is 0 Å². The number of nitrogens with one attached hydrogen (secondary N) is 1. The monoisotopic (exact) mass is 401 g/mol. The van der Waals surface area contributed by atoms with E-state index in [4.69, 9.17) is 9.57 Å². The molecule has 0 bridgehead atoms. The number of fused-ring (bicyclic) bond motifs is 2. The first-order valence-electron chi connectivity index (χ1n) is 10.7. The number of nitrogens with zero attached hydrogens (tertiary/aromatic N) is 2. The number of carbonyl (C=O) groups excluding carboxylic acids is 2. The summed E-state index contributed by atoms with van der Waals surface area (Å²) in [6.45, 7) is 8.08. The lowest BCUT2D eigenvalue weighted by atomic mass is 9.73. The number of benzene rings is 1. The molecule has 1 spiro atoms. The summed E-state index contributed by atoms with van der Waals surface area (Å²) >= 11 is 0. The van der Waals surface area contributed by atoms with Crippen molar-refractivity contribution in [1.29, 1.82) is 0 Å². The highest BCUT2D eigenvalue weighted by atomic mass is 16.8. The summed E-state index contributed by atoms with van der Waals surface area (Å²) in [4.78, 5) is 32.5. The van der Waals surface area contributed by atoms with Crippen molar-refractivity contribution in [2.75, 3.05) is 25.0 Å². The van der Waals surface area contributed by atoms with Gasteiger partial charge in [-0.2, -0.15) is 0 Å². The van der Waals surface area contributed by atoms with Crippen LogP contribution in [0.15, 0.2) is 24.3 Å². The zero-order valence-corrected chi connectivity index (χ0v) is 17.5. The zero-order chi connectivity index (χ0) is 20.6. The highest BCUT2D eigenvalue weighted by molar-refractivity contribution is 6.06. The van der Waals surface area contributed by atoms with Gasteiger partial charge in [0.1, 0.15) is 0 Å². The molecular weight excluding hydrogens is 370 g/mol. The summed E-state index contributed by atoms with van der Waals surface area (Å²) in [7, 11) is 0. The van der Waals surface area contributed by atoms with Crippen LogP contribution >= 0.6 is 0 Å². The largest absolute Gasteiger partial charge is 0.527 e. The van der Waals surface area contributed by atoms with Crippen LogP contribution in [-0.2, 0) is 19.8 Å². The van der Waals surface area contributed by atoms with Crippen LogP contribution in [0.5, 0.6) is 0 Å². The Morgan fingerprint density at radius 3 is 2.48 bits per heavy atom. The van der Waals surface area contributed by atoms with Gasteiger partial charge in [0.15, 0.2) is 0 Å². The van der Waals surface area contributed by atoms with Gasteiger partial charge in [-0.3, -0.25) is 4.79 Å². The van der Waals surface area contributed by atoms with Crippen LogP contribution < -0.4 is 5.32 Å².